The Bertz CT molecular complexity index is 446. The largest absolute Gasteiger partial charge is 0.493 e. The minimum atomic E-state index is -0.236. The van der Waals surface area contributed by atoms with E-state index in [1.807, 2.05) is 32.0 Å². The summed E-state index contributed by atoms with van der Waals surface area (Å²) in [7, 11) is 3.89. The van der Waals surface area contributed by atoms with E-state index in [-0.39, 0.29) is 17.4 Å². The highest BCUT2D eigenvalue weighted by molar-refractivity contribution is 6.00. The zero-order valence-corrected chi connectivity index (χ0v) is 12.4. The van der Waals surface area contributed by atoms with Crippen molar-refractivity contribution in [2.75, 3.05) is 20.7 Å². The van der Waals surface area contributed by atoms with Gasteiger partial charge in [0, 0.05) is 12.8 Å². The fraction of sp³-hybridized carbons (Fsp3) is 0.667. The predicted molar refractivity (Wildman–Crippen MR) is 73.3 cm³/mol. The van der Waals surface area contributed by atoms with Crippen LogP contribution in [0.5, 0.6) is 0 Å². The van der Waals surface area contributed by atoms with Crippen molar-refractivity contribution >= 4 is 5.78 Å². The third-order valence-electron chi connectivity index (χ3n) is 3.44. The number of allylic oxidation sites excluding steroid dienone is 3. The van der Waals surface area contributed by atoms with Crippen LogP contribution in [0.15, 0.2) is 23.2 Å². The molecule has 0 saturated heterocycles. The molecule has 0 N–H and O–H groups in total. The number of hydrogen-bond acceptors (Lipinski definition) is 4. The number of carbonyl (C=O) groups excluding carboxylic acids is 1. The number of Topliss-reactive ketones (excluding diaryl/α,β-unsaturated/α-hetero) is 1. The van der Waals surface area contributed by atoms with Crippen molar-refractivity contribution in [2.24, 2.45) is 5.41 Å². The minimum absolute atomic E-state index is 0.0241. The number of ether oxygens (including phenoxy) is 2. The third-order valence-corrected chi connectivity index (χ3v) is 3.44. The van der Waals surface area contributed by atoms with Crippen LogP contribution in [-0.4, -0.2) is 37.6 Å². The van der Waals surface area contributed by atoms with E-state index in [9.17, 15) is 4.79 Å². The number of ketones is 1. The maximum Gasteiger partial charge on any atom is 0.209 e. The van der Waals surface area contributed by atoms with Crippen molar-refractivity contribution in [2.45, 2.75) is 39.8 Å². The van der Waals surface area contributed by atoms with Gasteiger partial charge in [0.05, 0.1) is 12.2 Å². The highest BCUT2D eigenvalue weighted by atomic mass is 16.6. The molecule has 1 unspecified atom stereocenters. The predicted octanol–water partition coefficient (Wildman–Crippen LogP) is 2.47. The highest BCUT2D eigenvalue weighted by Crippen LogP contribution is 2.41. The highest BCUT2D eigenvalue weighted by Gasteiger charge is 2.38. The normalized spacial score (nSPS) is 25.9. The zero-order chi connectivity index (χ0) is 14.2. The van der Waals surface area contributed by atoms with Crippen molar-refractivity contribution in [3.05, 3.63) is 23.2 Å². The Balaban J connectivity index is 2.36. The molecule has 0 fully saturated rings. The second-order valence-electron chi connectivity index (χ2n) is 6.19. The SMILES string of the molecule is CCOC1=CC2=C(CC(C)(C)CC2=O)OC1N(C)C. The zero-order valence-electron chi connectivity index (χ0n) is 12.4. The molecule has 0 aromatic heterocycles. The quantitative estimate of drug-likeness (QED) is 0.786. The first-order valence-corrected chi connectivity index (χ1v) is 6.78. The summed E-state index contributed by atoms with van der Waals surface area (Å²) in [6, 6.07) is 0. The lowest BCUT2D eigenvalue weighted by Gasteiger charge is -2.38. The van der Waals surface area contributed by atoms with Crippen LogP contribution >= 0.6 is 0 Å². The maximum atomic E-state index is 12.2. The van der Waals surface area contributed by atoms with Crippen molar-refractivity contribution < 1.29 is 14.3 Å². The first-order valence-electron chi connectivity index (χ1n) is 6.78. The van der Waals surface area contributed by atoms with Gasteiger partial charge in [0.1, 0.15) is 5.76 Å². The van der Waals surface area contributed by atoms with E-state index >= 15 is 0 Å². The van der Waals surface area contributed by atoms with Crippen LogP contribution in [0.3, 0.4) is 0 Å². The van der Waals surface area contributed by atoms with Gasteiger partial charge < -0.3 is 9.47 Å². The van der Waals surface area contributed by atoms with Gasteiger partial charge in [-0.25, -0.2) is 0 Å². The van der Waals surface area contributed by atoms with E-state index in [1.165, 1.54) is 0 Å². The van der Waals surface area contributed by atoms with Crippen LogP contribution in [-0.2, 0) is 14.3 Å². The molecule has 106 valence electrons. The van der Waals surface area contributed by atoms with E-state index in [1.54, 1.807) is 0 Å². The van der Waals surface area contributed by atoms with Crippen molar-refractivity contribution in [3.8, 4) is 0 Å². The lowest BCUT2D eigenvalue weighted by Crippen LogP contribution is -2.39. The second kappa shape index (κ2) is 5.00. The van der Waals surface area contributed by atoms with E-state index in [4.69, 9.17) is 9.47 Å². The summed E-state index contributed by atoms with van der Waals surface area (Å²) in [5.41, 5.74) is 0.671. The second-order valence-corrected chi connectivity index (χ2v) is 6.19. The average Bonchev–Trinajstić information content (AvgIpc) is 2.28. The van der Waals surface area contributed by atoms with Gasteiger partial charge in [0.25, 0.3) is 0 Å². The van der Waals surface area contributed by atoms with E-state index in [0.717, 1.165) is 17.9 Å². The fourth-order valence-corrected chi connectivity index (χ4v) is 2.59. The lowest BCUT2D eigenvalue weighted by molar-refractivity contribution is -0.119. The molecule has 1 heterocycles. The Morgan fingerprint density at radius 1 is 1.42 bits per heavy atom. The topological polar surface area (TPSA) is 38.8 Å². The van der Waals surface area contributed by atoms with Gasteiger partial charge in [-0.3, -0.25) is 9.69 Å². The van der Waals surface area contributed by atoms with Gasteiger partial charge >= 0.3 is 0 Å². The van der Waals surface area contributed by atoms with Crippen LogP contribution in [0.2, 0.25) is 0 Å². The monoisotopic (exact) mass is 265 g/mol. The molecule has 0 radical (unpaired) electrons. The van der Waals surface area contributed by atoms with Crippen LogP contribution < -0.4 is 0 Å². The van der Waals surface area contributed by atoms with Crippen LogP contribution in [0.1, 0.15) is 33.6 Å². The molecule has 0 spiro atoms. The first-order chi connectivity index (χ1) is 8.84. The van der Waals surface area contributed by atoms with Gasteiger partial charge in [0.15, 0.2) is 11.5 Å². The molecule has 1 aliphatic heterocycles. The molecule has 0 aromatic rings. The number of rotatable bonds is 3. The molecule has 4 nitrogen and oxygen atoms in total. The molecule has 0 bridgehead atoms. The van der Waals surface area contributed by atoms with Gasteiger partial charge in [-0.1, -0.05) is 13.8 Å². The molecule has 0 amide bonds. The fourth-order valence-electron chi connectivity index (χ4n) is 2.59. The van der Waals surface area contributed by atoms with E-state index in [2.05, 4.69) is 13.8 Å². The summed E-state index contributed by atoms with van der Waals surface area (Å²) in [6.45, 7) is 6.71. The lowest BCUT2D eigenvalue weighted by atomic mass is 9.76. The van der Waals surface area contributed by atoms with Crippen molar-refractivity contribution in [3.63, 3.8) is 0 Å². The number of hydrogen-bond donors (Lipinski definition) is 0. The molecule has 2 rings (SSSR count). The Morgan fingerprint density at radius 3 is 2.68 bits per heavy atom. The smallest absolute Gasteiger partial charge is 0.209 e. The van der Waals surface area contributed by atoms with Crippen molar-refractivity contribution in [1.29, 1.82) is 0 Å². The maximum absolute atomic E-state index is 12.2. The first kappa shape index (κ1) is 14.1. The molecule has 1 aliphatic carbocycles. The minimum Gasteiger partial charge on any atom is -0.493 e. The molecule has 0 saturated carbocycles. The van der Waals surface area contributed by atoms with Gasteiger partial charge in [-0.2, -0.15) is 0 Å². The average molecular weight is 265 g/mol. The van der Waals surface area contributed by atoms with Gasteiger partial charge in [0.2, 0.25) is 6.23 Å². The molecule has 0 aromatic carbocycles. The molecular weight excluding hydrogens is 242 g/mol. The van der Waals surface area contributed by atoms with Crippen LogP contribution in [0, 0.1) is 5.41 Å². The van der Waals surface area contributed by atoms with Crippen LogP contribution in [0.25, 0.3) is 0 Å². The molecule has 1 atom stereocenters. The Kier molecular flexibility index (Phi) is 3.72. The number of carbonyl (C=O) groups is 1. The van der Waals surface area contributed by atoms with Gasteiger partial charge in [-0.05, 0) is 32.5 Å². The summed E-state index contributed by atoms with van der Waals surface area (Å²) in [4.78, 5) is 14.2. The molecule has 4 heteroatoms. The standard InChI is InChI=1S/C15H23NO3/c1-6-18-12-7-10-11(17)8-15(2,3)9-13(10)19-14(12)16(4)5/h7,14H,6,8-9H2,1-5H3. The van der Waals surface area contributed by atoms with Crippen molar-refractivity contribution in [1.82, 2.24) is 4.90 Å². The Labute approximate surface area is 115 Å². The third kappa shape index (κ3) is 2.84. The number of nitrogens with zero attached hydrogens (tertiary/aromatic N) is 1. The summed E-state index contributed by atoms with van der Waals surface area (Å²) in [5, 5.41) is 0. The molecule has 2 aliphatic rings. The summed E-state index contributed by atoms with van der Waals surface area (Å²) < 4.78 is 11.6. The summed E-state index contributed by atoms with van der Waals surface area (Å²) in [5.74, 6) is 1.68. The Hall–Kier alpha value is -1.29. The summed E-state index contributed by atoms with van der Waals surface area (Å²) >= 11 is 0. The van der Waals surface area contributed by atoms with E-state index < -0.39 is 0 Å². The van der Waals surface area contributed by atoms with E-state index in [0.29, 0.717) is 18.6 Å². The molecule has 19 heavy (non-hydrogen) atoms. The van der Waals surface area contributed by atoms with Gasteiger partial charge in [-0.15, -0.1) is 0 Å². The number of likely N-dealkylation sites (N-methyl/N-ethyl adjacent to an activating group) is 1. The van der Waals surface area contributed by atoms with Crippen LogP contribution in [0.4, 0.5) is 0 Å². The molecular formula is C15H23NO3. The summed E-state index contributed by atoms with van der Waals surface area (Å²) in [6.07, 6.45) is 3.00. The Morgan fingerprint density at radius 2 is 2.11 bits per heavy atom.